The molecule has 2 aromatic rings. The number of rotatable bonds is 4. The van der Waals surface area contributed by atoms with E-state index in [1.165, 1.54) is 12.1 Å². The van der Waals surface area contributed by atoms with Gasteiger partial charge in [0.05, 0.1) is 5.69 Å². The number of hydrogen-bond acceptors (Lipinski definition) is 4. The SMILES string of the molecule is OCC1CN(Cc2coc(-c3ccc(F)cc3)n2)C1. The van der Waals surface area contributed by atoms with Crippen molar-refractivity contribution >= 4 is 0 Å². The van der Waals surface area contributed by atoms with Crippen molar-refractivity contribution in [1.82, 2.24) is 9.88 Å². The Morgan fingerprint density at radius 1 is 1.32 bits per heavy atom. The van der Waals surface area contributed by atoms with Gasteiger partial charge < -0.3 is 9.52 Å². The number of nitrogens with zero attached hydrogens (tertiary/aromatic N) is 2. The van der Waals surface area contributed by atoms with Gasteiger partial charge in [0.1, 0.15) is 12.1 Å². The predicted octanol–water partition coefficient (Wildman–Crippen LogP) is 1.90. The zero-order valence-corrected chi connectivity index (χ0v) is 10.4. The van der Waals surface area contributed by atoms with Gasteiger partial charge in [-0.05, 0) is 24.3 Å². The van der Waals surface area contributed by atoms with Crippen molar-refractivity contribution in [1.29, 1.82) is 0 Å². The molecule has 0 aliphatic carbocycles. The van der Waals surface area contributed by atoms with Gasteiger partial charge in [0.15, 0.2) is 0 Å². The molecule has 1 fully saturated rings. The monoisotopic (exact) mass is 262 g/mol. The van der Waals surface area contributed by atoms with Crippen molar-refractivity contribution in [3.8, 4) is 11.5 Å². The van der Waals surface area contributed by atoms with E-state index in [0.29, 0.717) is 11.8 Å². The van der Waals surface area contributed by atoms with Crippen molar-refractivity contribution in [2.24, 2.45) is 5.92 Å². The molecule has 100 valence electrons. The Morgan fingerprint density at radius 2 is 2.05 bits per heavy atom. The van der Waals surface area contributed by atoms with Crippen LogP contribution in [0.4, 0.5) is 4.39 Å². The van der Waals surface area contributed by atoms with Crippen molar-refractivity contribution < 1.29 is 13.9 Å². The molecule has 1 saturated heterocycles. The standard InChI is InChI=1S/C14H15FN2O2/c15-12-3-1-11(2-4-12)14-16-13(9-19-14)7-17-5-10(6-17)8-18/h1-4,9-10,18H,5-8H2. The summed E-state index contributed by atoms with van der Waals surface area (Å²) in [4.78, 5) is 6.59. The Balaban J connectivity index is 1.65. The molecular formula is C14H15FN2O2. The third-order valence-corrected chi connectivity index (χ3v) is 3.32. The van der Waals surface area contributed by atoms with Crippen LogP contribution in [0, 0.1) is 11.7 Å². The van der Waals surface area contributed by atoms with Crippen LogP contribution in [0.25, 0.3) is 11.5 Å². The molecule has 4 nitrogen and oxygen atoms in total. The molecule has 2 heterocycles. The summed E-state index contributed by atoms with van der Waals surface area (Å²) in [6, 6.07) is 6.08. The van der Waals surface area contributed by atoms with E-state index in [4.69, 9.17) is 9.52 Å². The van der Waals surface area contributed by atoms with E-state index in [9.17, 15) is 4.39 Å². The van der Waals surface area contributed by atoms with Gasteiger partial charge in [-0.1, -0.05) is 0 Å². The van der Waals surface area contributed by atoms with Gasteiger partial charge in [-0.3, -0.25) is 4.90 Å². The van der Waals surface area contributed by atoms with Crippen LogP contribution in [0.15, 0.2) is 34.9 Å². The zero-order valence-electron chi connectivity index (χ0n) is 10.4. The molecule has 0 atom stereocenters. The van der Waals surface area contributed by atoms with E-state index in [-0.39, 0.29) is 12.4 Å². The Labute approximate surface area is 110 Å². The van der Waals surface area contributed by atoms with E-state index in [1.807, 2.05) is 0 Å². The Kier molecular flexibility index (Phi) is 3.31. The summed E-state index contributed by atoms with van der Waals surface area (Å²) in [5.41, 5.74) is 1.63. The fraction of sp³-hybridized carbons (Fsp3) is 0.357. The Bertz CT molecular complexity index is 547. The molecule has 0 bridgehead atoms. The normalized spacial score (nSPS) is 16.5. The lowest BCUT2D eigenvalue weighted by Gasteiger charge is -2.37. The first-order valence-corrected chi connectivity index (χ1v) is 6.28. The minimum atomic E-state index is -0.272. The molecule has 0 saturated carbocycles. The summed E-state index contributed by atoms with van der Waals surface area (Å²) < 4.78 is 18.2. The summed E-state index contributed by atoms with van der Waals surface area (Å²) in [6.07, 6.45) is 1.63. The maximum absolute atomic E-state index is 12.8. The topological polar surface area (TPSA) is 49.5 Å². The molecule has 3 rings (SSSR count). The highest BCUT2D eigenvalue weighted by atomic mass is 19.1. The molecule has 0 amide bonds. The van der Waals surface area contributed by atoms with Crippen LogP contribution in [0.3, 0.4) is 0 Å². The van der Waals surface area contributed by atoms with E-state index < -0.39 is 0 Å². The van der Waals surface area contributed by atoms with Gasteiger partial charge in [-0.15, -0.1) is 0 Å². The van der Waals surface area contributed by atoms with Crippen LogP contribution in [0.2, 0.25) is 0 Å². The second-order valence-corrected chi connectivity index (χ2v) is 4.89. The number of likely N-dealkylation sites (tertiary alicyclic amines) is 1. The molecule has 19 heavy (non-hydrogen) atoms. The average Bonchev–Trinajstić information content (AvgIpc) is 2.82. The van der Waals surface area contributed by atoms with Crippen LogP contribution in [0.1, 0.15) is 5.69 Å². The van der Waals surface area contributed by atoms with Gasteiger partial charge in [0, 0.05) is 37.7 Å². The Hall–Kier alpha value is -1.72. The third-order valence-electron chi connectivity index (χ3n) is 3.32. The first kappa shape index (κ1) is 12.3. The number of benzene rings is 1. The minimum Gasteiger partial charge on any atom is -0.444 e. The van der Waals surface area contributed by atoms with Crippen LogP contribution >= 0.6 is 0 Å². The summed E-state index contributed by atoms with van der Waals surface area (Å²) in [6.45, 7) is 2.77. The van der Waals surface area contributed by atoms with Crippen molar-refractivity contribution in [2.45, 2.75) is 6.54 Å². The van der Waals surface area contributed by atoms with Crippen molar-refractivity contribution in [3.05, 3.63) is 42.0 Å². The van der Waals surface area contributed by atoms with Crippen LogP contribution < -0.4 is 0 Å². The molecule has 1 aliphatic rings. The molecule has 0 unspecified atom stereocenters. The van der Waals surface area contributed by atoms with Crippen molar-refractivity contribution in [2.75, 3.05) is 19.7 Å². The Morgan fingerprint density at radius 3 is 2.74 bits per heavy atom. The van der Waals surface area contributed by atoms with Gasteiger partial charge in [0.2, 0.25) is 5.89 Å². The number of aromatic nitrogens is 1. The highest BCUT2D eigenvalue weighted by molar-refractivity contribution is 5.52. The number of aliphatic hydroxyl groups excluding tert-OH is 1. The van der Waals surface area contributed by atoms with E-state index in [0.717, 1.165) is 30.9 Å². The first-order chi connectivity index (χ1) is 9.24. The highest BCUT2D eigenvalue weighted by Crippen LogP contribution is 2.22. The van der Waals surface area contributed by atoms with Crippen LogP contribution in [-0.2, 0) is 6.54 Å². The largest absolute Gasteiger partial charge is 0.444 e. The van der Waals surface area contributed by atoms with E-state index in [2.05, 4.69) is 9.88 Å². The lowest BCUT2D eigenvalue weighted by molar-refractivity contribution is 0.0470. The van der Waals surface area contributed by atoms with E-state index in [1.54, 1.807) is 18.4 Å². The lowest BCUT2D eigenvalue weighted by Crippen LogP contribution is -2.47. The minimum absolute atomic E-state index is 0.246. The fourth-order valence-corrected chi connectivity index (χ4v) is 2.26. The van der Waals surface area contributed by atoms with Gasteiger partial charge in [0.25, 0.3) is 0 Å². The quantitative estimate of drug-likeness (QED) is 0.914. The molecule has 1 N–H and O–H groups in total. The first-order valence-electron chi connectivity index (χ1n) is 6.28. The highest BCUT2D eigenvalue weighted by Gasteiger charge is 2.26. The summed E-state index contributed by atoms with van der Waals surface area (Å²) in [7, 11) is 0. The second-order valence-electron chi connectivity index (χ2n) is 4.89. The summed E-state index contributed by atoms with van der Waals surface area (Å²) in [5.74, 6) is 0.629. The van der Waals surface area contributed by atoms with Crippen molar-refractivity contribution in [3.63, 3.8) is 0 Å². The fourth-order valence-electron chi connectivity index (χ4n) is 2.26. The molecule has 1 aromatic heterocycles. The van der Waals surface area contributed by atoms with Gasteiger partial charge in [-0.25, -0.2) is 9.37 Å². The summed E-state index contributed by atoms with van der Waals surface area (Å²) >= 11 is 0. The van der Waals surface area contributed by atoms with Gasteiger partial charge >= 0.3 is 0 Å². The second kappa shape index (κ2) is 5.11. The molecule has 0 radical (unpaired) electrons. The zero-order chi connectivity index (χ0) is 13.2. The number of oxazole rings is 1. The number of halogens is 1. The lowest BCUT2D eigenvalue weighted by atomic mass is 10.0. The van der Waals surface area contributed by atoms with Crippen LogP contribution in [-0.4, -0.2) is 34.7 Å². The van der Waals surface area contributed by atoms with E-state index >= 15 is 0 Å². The maximum atomic E-state index is 12.8. The molecule has 0 spiro atoms. The molecule has 5 heteroatoms. The summed E-state index contributed by atoms with van der Waals surface area (Å²) in [5, 5.41) is 8.95. The average molecular weight is 262 g/mol. The maximum Gasteiger partial charge on any atom is 0.226 e. The molecular weight excluding hydrogens is 247 g/mol. The third kappa shape index (κ3) is 2.67. The van der Waals surface area contributed by atoms with Gasteiger partial charge in [-0.2, -0.15) is 0 Å². The number of aliphatic hydroxyl groups is 1. The van der Waals surface area contributed by atoms with Crippen LogP contribution in [0.5, 0.6) is 0 Å². The predicted molar refractivity (Wildman–Crippen MR) is 67.7 cm³/mol. The molecule has 1 aliphatic heterocycles. The number of hydrogen-bond donors (Lipinski definition) is 1. The smallest absolute Gasteiger partial charge is 0.226 e. The molecule has 1 aromatic carbocycles.